The van der Waals surface area contributed by atoms with Crippen LogP contribution in [0.4, 0.5) is 0 Å². The minimum absolute atomic E-state index is 0.115. The van der Waals surface area contributed by atoms with Gasteiger partial charge in [-0.2, -0.15) is 0 Å². The van der Waals surface area contributed by atoms with Crippen molar-refractivity contribution in [3.8, 4) is 0 Å². The van der Waals surface area contributed by atoms with Crippen molar-refractivity contribution < 1.29 is 14.7 Å². The van der Waals surface area contributed by atoms with Crippen molar-refractivity contribution in [3.63, 3.8) is 0 Å². The average molecular weight is 294 g/mol. The first kappa shape index (κ1) is 16.8. The smallest absolute Gasteiger partial charge is 0.303 e. The van der Waals surface area contributed by atoms with Gasteiger partial charge in [0.25, 0.3) is 0 Å². The maximum absolute atomic E-state index is 12.2. The fourth-order valence-electron chi connectivity index (χ4n) is 2.02. The van der Waals surface area contributed by atoms with Crippen molar-refractivity contribution in [2.24, 2.45) is 5.92 Å². The number of Topliss-reactive ketones (excluding diaryl/α,β-unsaturated/α-hetero) is 1. The second-order valence-electron chi connectivity index (χ2n) is 4.75. The summed E-state index contributed by atoms with van der Waals surface area (Å²) in [6.07, 6.45) is 2.62. The molecule has 0 unspecified atom stereocenters. The molecular weight excluding hydrogens is 272 g/mol. The minimum Gasteiger partial charge on any atom is -0.481 e. The van der Waals surface area contributed by atoms with Gasteiger partial charge in [0.05, 0.1) is 0 Å². The van der Waals surface area contributed by atoms with E-state index in [0.29, 0.717) is 6.42 Å². The predicted octanol–water partition coefficient (Wildman–Crippen LogP) is 4.26. The number of aliphatic carboxylic acids is 1. The van der Waals surface area contributed by atoms with Crippen molar-refractivity contribution in [2.75, 3.05) is 5.75 Å². The Balaban J connectivity index is 2.51. The van der Waals surface area contributed by atoms with Crippen LogP contribution in [0.1, 0.15) is 49.9 Å². The summed E-state index contributed by atoms with van der Waals surface area (Å²) in [5, 5.41) is 8.56. The number of carboxylic acids is 1. The molecule has 1 aromatic rings. The van der Waals surface area contributed by atoms with Crippen molar-refractivity contribution >= 4 is 23.5 Å². The molecule has 1 aromatic carbocycles. The molecule has 0 saturated carbocycles. The number of carbonyl (C=O) groups excluding carboxylic acids is 1. The Labute approximate surface area is 124 Å². The normalized spacial score (nSPS) is 10.8. The van der Waals surface area contributed by atoms with E-state index in [4.69, 9.17) is 5.11 Å². The Bertz CT molecular complexity index is 436. The third-order valence-electron chi connectivity index (χ3n) is 3.30. The fraction of sp³-hybridized carbons (Fsp3) is 0.500. The van der Waals surface area contributed by atoms with Gasteiger partial charge in [0.15, 0.2) is 5.78 Å². The number of benzene rings is 1. The number of hydrogen-bond acceptors (Lipinski definition) is 3. The van der Waals surface area contributed by atoms with Crippen LogP contribution in [-0.2, 0) is 4.79 Å². The highest BCUT2D eigenvalue weighted by Crippen LogP contribution is 2.22. The predicted molar refractivity (Wildman–Crippen MR) is 82.4 cm³/mol. The zero-order chi connectivity index (χ0) is 15.0. The lowest BCUT2D eigenvalue weighted by atomic mass is 9.93. The summed E-state index contributed by atoms with van der Waals surface area (Å²) in [5.41, 5.74) is 0.772. The van der Waals surface area contributed by atoms with Crippen molar-refractivity contribution in [3.05, 3.63) is 29.8 Å². The quantitative estimate of drug-likeness (QED) is 0.420. The Morgan fingerprint density at radius 2 is 1.75 bits per heavy atom. The van der Waals surface area contributed by atoms with E-state index in [1.165, 1.54) is 0 Å². The molecule has 0 aliphatic heterocycles. The highest BCUT2D eigenvalue weighted by molar-refractivity contribution is 7.99. The van der Waals surface area contributed by atoms with Gasteiger partial charge in [-0.25, -0.2) is 0 Å². The third kappa shape index (κ3) is 5.37. The van der Waals surface area contributed by atoms with Crippen molar-refractivity contribution in [2.45, 2.75) is 44.4 Å². The van der Waals surface area contributed by atoms with Crippen LogP contribution in [0.3, 0.4) is 0 Å². The van der Waals surface area contributed by atoms with E-state index in [2.05, 4.69) is 0 Å². The van der Waals surface area contributed by atoms with Gasteiger partial charge in [-0.15, -0.1) is 11.8 Å². The monoisotopic (exact) mass is 294 g/mol. The van der Waals surface area contributed by atoms with Crippen LogP contribution in [0.15, 0.2) is 29.2 Å². The molecule has 0 fully saturated rings. The summed E-state index contributed by atoms with van der Waals surface area (Å²) < 4.78 is 0. The third-order valence-corrected chi connectivity index (χ3v) is 4.40. The first-order valence-electron chi connectivity index (χ1n) is 7.07. The molecule has 0 radical (unpaired) electrons. The van der Waals surface area contributed by atoms with Gasteiger partial charge >= 0.3 is 5.97 Å². The Hall–Kier alpha value is -1.29. The van der Waals surface area contributed by atoms with Crippen LogP contribution >= 0.6 is 11.8 Å². The maximum Gasteiger partial charge on any atom is 0.303 e. The molecule has 0 bridgehead atoms. The Kier molecular flexibility index (Phi) is 7.37. The molecule has 0 spiro atoms. The van der Waals surface area contributed by atoms with Crippen LogP contribution in [-0.4, -0.2) is 22.6 Å². The molecule has 0 aromatic heterocycles. The van der Waals surface area contributed by atoms with Crippen molar-refractivity contribution in [1.29, 1.82) is 0 Å². The van der Waals surface area contributed by atoms with E-state index in [9.17, 15) is 9.59 Å². The highest BCUT2D eigenvalue weighted by atomic mass is 32.2. The van der Waals surface area contributed by atoms with Crippen molar-refractivity contribution in [1.82, 2.24) is 0 Å². The van der Waals surface area contributed by atoms with Gasteiger partial charge in [0.2, 0.25) is 0 Å². The van der Waals surface area contributed by atoms with E-state index in [1.54, 1.807) is 11.8 Å². The fourth-order valence-corrected chi connectivity index (χ4v) is 2.88. The first-order chi connectivity index (χ1) is 9.58. The van der Waals surface area contributed by atoms with Gasteiger partial charge in [-0.05, 0) is 37.1 Å². The molecular formula is C16H22O3S. The largest absolute Gasteiger partial charge is 0.481 e. The standard InChI is InChI=1S/C16H22O3S/c1-3-12(4-2)16(19)13-7-9-14(10-8-13)20-11-5-6-15(17)18/h7-10,12H,3-6,11H2,1-2H3,(H,17,18). The van der Waals surface area contributed by atoms with Gasteiger partial charge < -0.3 is 5.11 Å². The van der Waals surface area contributed by atoms with Gasteiger partial charge in [-0.3, -0.25) is 9.59 Å². The Morgan fingerprint density at radius 1 is 1.15 bits per heavy atom. The topological polar surface area (TPSA) is 54.4 Å². The second-order valence-corrected chi connectivity index (χ2v) is 5.92. The van der Waals surface area contributed by atoms with E-state index >= 15 is 0 Å². The van der Waals surface area contributed by atoms with Crippen LogP contribution in [0.25, 0.3) is 0 Å². The number of hydrogen-bond donors (Lipinski definition) is 1. The summed E-state index contributed by atoms with van der Waals surface area (Å²) in [4.78, 5) is 23.7. The van der Waals surface area contributed by atoms with E-state index in [1.807, 2.05) is 38.1 Å². The minimum atomic E-state index is -0.753. The molecule has 1 N–H and O–H groups in total. The van der Waals surface area contributed by atoms with Crippen LogP contribution in [0, 0.1) is 5.92 Å². The van der Waals surface area contributed by atoms with Gasteiger partial charge in [0, 0.05) is 22.8 Å². The molecule has 0 aliphatic carbocycles. The van der Waals surface area contributed by atoms with Gasteiger partial charge in [-0.1, -0.05) is 26.0 Å². The lowest BCUT2D eigenvalue weighted by Gasteiger charge is -2.11. The first-order valence-corrected chi connectivity index (χ1v) is 8.05. The van der Waals surface area contributed by atoms with Crippen LogP contribution in [0.2, 0.25) is 0 Å². The molecule has 4 heteroatoms. The SMILES string of the molecule is CCC(CC)C(=O)c1ccc(SCCCC(=O)O)cc1. The van der Waals surface area contributed by atoms with Crippen LogP contribution < -0.4 is 0 Å². The van der Waals surface area contributed by atoms with E-state index in [-0.39, 0.29) is 18.1 Å². The molecule has 0 amide bonds. The van der Waals surface area contributed by atoms with E-state index < -0.39 is 5.97 Å². The summed E-state index contributed by atoms with van der Waals surface area (Å²) in [6.45, 7) is 4.08. The average Bonchev–Trinajstić information content (AvgIpc) is 2.45. The zero-order valence-corrected chi connectivity index (χ0v) is 12.9. The molecule has 20 heavy (non-hydrogen) atoms. The number of carboxylic acid groups (broad SMARTS) is 1. The highest BCUT2D eigenvalue weighted by Gasteiger charge is 2.15. The number of thioether (sulfide) groups is 1. The number of rotatable bonds is 9. The number of carbonyl (C=O) groups is 2. The second kappa shape index (κ2) is 8.80. The lowest BCUT2D eigenvalue weighted by Crippen LogP contribution is -2.12. The molecule has 110 valence electrons. The summed E-state index contributed by atoms with van der Waals surface area (Å²) >= 11 is 1.63. The molecule has 0 atom stereocenters. The Morgan fingerprint density at radius 3 is 2.25 bits per heavy atom. The molecule has 0 heterocycles. The summed E-state index contributed by atoms with van der Waals surface area (Å²) in [5.74, 6) is 0.366. The van der Waals surface area contributed by atoms with Gasteiger partial charge in [0.1, 0.15) is 0 Å². The summed E-state index contributed by atoms with van der Waals surface area (Å²) in [7, 11) is 0. The lowest BCUT2D eigenvalue weighted by molar-refractivity contribution is -0.137. The molecule has 0 saturated heterocycles. The van der Waals surface area contributed by atoms with E-state index in [0.717, 1.165) is 29.1 Å². The molecule has 0 aliphatic rings. The molecule has 3 nitrogen and oxygen atoms in total. The molecule has 1 rings (SSSR count). The summed E-state index contributed by atoms with van der Waals surface area (Å²) in [6, 6.07) is 7.64. The maximum atomic E-state index is 12.2. The number of ketones is 1. The zero-order valence-electron chi connectivity index (χ0n) is 12.1. The van der Waals surface area contributed by atoms with Crippen LogP contribution in [0.5, 0.6) is 0 Å².